The van der Waals surface area contributed by atoms with Crippen LogP contribution >= 0.6 is 0 Å². The topological polar surface area (TPSA) is 80.7 Å². The molecular weight excluding hydrogens is 242 g/mol. The van der Waals surface area contributed by atoms with E-state index in [1.807, 2.05) is 0 Å². The summed E-state index contributed by atoms with van der Waals surface area (Å²) in [6.45, 7) is 4.53. The van der Waals surface area contributed by atoms with Gasteiger partial charge >= 0.3 is 0 Å². The normalized spacial score (nSPS) is 28.1. The van der Waals surface area contributed by atoms with Gasteiger partial charge in [-0.1, -0.05) is 19.0 Å². The number of aromatic nitrogens is 1. The minimum Gasteiger partial charge on any atom is -0.490 e. The van der Waals surface area contributed by atoms with Crippen molar-refractivity contribution in [2.24, 2.45) is 22.7 Å². The van der Waals surface area contributed by atoms with E-state index in [0.717, 1.165) is 18.6 Å². The molecule has 1 aromatic heterocycles. The molecule has 5 nitrogen and oxygen atoms in total. The van der Waals surface area contributed by atoms with Crippen LogP contribution in [0.1, 0.15) is 38.8 Å². The van der Waals surface area contributed by atoms with Gasteiger partial charge in [0.25, 0.3) is 0 Å². The number of hydrogen-bond acceptors (Lipinski definition) is 4. The van der Waals surface area contributed by atoms with Crippen LogP contribution < -0.4 is 10.5 Å². The SMILES string of the molecule is CC1CC(C)CC(Oc2ccnc(C(N)=NO)c2)C1. The summed E-state index contributed by atoms with van der Waals surface area (Å²) in [6, 6.07) is 3.51. The molecule has 0 radical (unpaired) electrons. The predicted octanol–water partition coefficient (Wildman–Crippen LogP) is 2.38. The molecule has 5 heteroatoms. The first kappa shape index (κ1) is 13.6. The van der Waals surface area contributed by atoms with Gasteiger partial charge < -0.3 is 15.7 Å². The third-order valence-electron chi connectivity index (χ3n) is 3.54. The number of oxime groups is 1. The second-order valence-electron chi connectivity index (χ2n) is 5.52. The Morgan fingerprint density at radius 1 is 1.37 bits per heavy atom. The highest BCUT2D eigenvalue weighted by Gasteiger charge is 2.25. The molecular formula is C14H21N3O2. The second-order valence-corrected chi connectivity index (χ2v) is 5.52. The predicted molar refractivity (Wildman–Crippen MR) is 73.3 cm³/mol. The molecule has 1 aromatic rings. The molecule has 1 aliphatic rings. The number of ether oxygens (including phenoxy) is 1. The maximum Gasteiger partial charge on any atom is 0.188 e. The van der Waals surface area contributed by atoms with Crippen molar-refractivity contribution < 1.29 is 9.94 Å². The monoisotopic (exact) mass is 263 g/mol. The van der Waals surface area contributed by atoms with E-state index in [1.54, 1.807) is 18.3 Å². The number of nitrogens with two attached hydrogens (primary N) is 1. The lowest BCUT2D eigenvalue weighted by molar-refractivity contribution is 0.101. The minimum absolute atomic E-state index is 0.00386. The zero-order valence-electron chi connectivity index (χ0n) is 11.4. The molecule has 19 heavy (non-hydrogen) atoms. The van der Waals surface area contributed by atoms with Gasteiger partial charge in [0, 0.05) is 12.3 Å². The Kier molecular flexibility index (Phi) is 4.24. The maximum absolute atomic E-state index is 8.65. The Labute approximate surface area is 113 Å². The van der Waals surface area contributed by atoms with Gasteiger partial charge in [-0.15, -0.1) is 0 Å². The van der Waals surface area contributed by atoms with E-state index >= 15 is 0 Å². The minimum atomic E-state index is -0.00386. The summed E-state index contributed by atoms with van der Waals surface area (Å²) in [5, 5.41) is 11.6. The fraction of sp³-hybridized carbons (Fsp3) is 0.571. The van der Waals surface area contributed by atoms with Crippen LogP contribution in [0.2, 0.25) is 0 Å². The summed E-state index contributed by atoms with van der Waals surface area (Å²) in [7, 11) is 0. The first-order valence-electron chi connectivity index (χ1n) is 6.69. The summed E-state index contributed by atoms with van der Waals surface area (Å²) in [5.41, 5.74) is 5.95. The van der Waals surface area contributed by atoms with Crippen molar-refractivity contribution in [2.75, 3.05) is 0 Å². The van der Waals surface area contributed by atoms with Crippen LogP contribution in [0.25, 0.3) is 0 Å². The van der Waals surface area contributed by atoms with Gasteiger partial charge in [0.1, 0.15) is 11.4 Å². The molecule has 2 atom stereocenters. The molecule has 1 heterocycles. The largest absolute Gasteiger partial charge is 0.490 e. The van der Waals surface area contributed by atoms with E-state index in [-0.39, 0.29) is 11.9 Å². The summed E-state index contributed by atoms with van der Waals surface area (Å²) < 4.78 is 6.00. The van der Waals surface area contributed by atoms with Crippen molar-refractivity contribution in [3.8, 4) is 5.75 Å². The van der Waals surface area contributed by atoms with Crippen molar-refractivity contribution in [2.45, 2.75) is 39.2 Å². The van der Waals surface area contributed by atoms with E-state index in [9.17, 15) is 0 Å². The molecule has 3 N–H and O–H groups in total. The fourth-order valence-electron chi connectivity index (χ4n) is 2.84. The average molecular weight is 263 g/mol. The maximum atomic E-state index is 8.65. The molecule has 0 bridgehead atoms. The number of hydrogen-bond donors (Lipinski definition) is 2. The number of nitrogens with zero attached hydrogens (tertiary/aromatic N) is 2. The highest BCUT2D eigenvalue weighted by atomic mass is 16.5. The molecule has 0 amide bonds. The van der Waals surface area contributed by atoms with E-state index in [4.69, 9.17) is 15.7 Å². The van der Waals surface area contributed by atoms with E-state index in [1.165, 1.54) is 6.42 Å². The molecule has 2 rings (SSSR count). The van der Waals surface area contributed by atoms with Crippen LogP contribution in [-0.4, -0.2) is 22.1 Å². The van der Waals surface area contributed by atoms with Crippen LogP contribution in [0.4, 0.5) is 0 Å². The molecule has 0 spiro atoms. The molecule has 2 unspecified atom stereocenters. The van der Waals surface area contributed by atoms with Crippen molar-refractivity contribution in [1.82, 2.24) is 4.98 Å². The first-order valence-corrected chi connectivity index (χ1v) is 6.69. The van der Waals surface area contributed by atoms with Crippen molar-refractivity contribution in [3.63, 3.8) is 0 Å². The van der Waals surface area contributed by atoms with Crippen molar-refractivity contribution >= 4 is 5.84 Å². The third kappa shape index (κ3) is 3.59. The summed E-state index contributed by atoms with van der Waals surface area (Å²) >= 11 is 0. The Bertz CT molecular complexity index is 452. The van der Waals surface area contributed by atoms with Crippen LogP contribution in [0.15, 0.2) is 23.5 Å². The average Bonchev–Trinajstić information content (AvgIpc) is 2.37. The van der Waals surface area contributed by atoms with Crippen LogP contribution in [0.5, 0.6) is 5.75 Å². The van der Waals surface area contributed by atoms with Crippen molar-refractivity contribution in [3.05, 3.63) is 24.0 Å². The molecule has 0 aliphatic heterocycles. The van der Waals surface area contributed by atoms with E-state index in [2.05, 4.69) is 24.0 Å². The molecule has 0 saturated heterocycles. The molecule has 104 valence electrons. The first-order chi connectivity index (χ1) is 9.08. The van der Waals surface area contributed by atoms with Gasteiger partial charge in [-0.3, -0.25) is 4.98 Å². The molecule has 1 saturated carbocycles. The molecule has 1 aliphatic carbocycles. The standard InChI is InChI=1S/C14H21N3O2/c1-9-5-10(2)7-12(6-9)19-11-3-4-16-13(8-11)14(15)17-18/h3-4,8-10,12,18H,5-7H2,1-2H3,(H2,15,17). The lowest BCUT2D eigenvalue weighted by atomic mass is 9.82. The molecule has 0 aromatic carbocycles. The van der Waals surface area contributed by atoms with E-state index in [0.29, 0.717) is 17.5 Å². The van der Waals surface area contributed by atoms with Crippen LogP contribution in [-0.2, 0) is 0 Å². The highest BCUT2D eigenvalue weighted by molar-refractivity contribution is 5.95. The second kappa shape index (κ2) is 5.91. The van der Waals surface area contributed by atoms with Gasteiger partial charge in [-0.05, 0) is 37.2 Å². The zero-order valence-corrected chi connectivity index (χ0v) is 11.4. The van der Waals surface area contributed by atoms with Gasteiger partial charge in [0.2, 0.25) is 0 Å². The van der Waals surface area contributed by atoms with Gasteiger partial charge in [0.15, 0.2) is 5.84 Å². The summed E-state index contributed by atoms with van der Waals surface area (Å²) in [6.07, 6.45) is 5.27. The lowest BCUT2D eigenvalue weighted by Crippen LogP contribution is -2.28. The van der Waals surface area contributed by atoms with Crippen LogP contribution in [0, 0.1) is 11.8 Å². The number of amidine groups is 1. The Morgan fingerprint density at radius 2 is 2.05 bits per heavy atom. The Balaban J connectivity index is 2.06. The molecule has 1 fully saturated rings. The van der Waals surface area contributed by atoms with Gasteiger partial charge in [0.05, 0.1) is 6.10 Å². The highest BCUT2D eigenvalue weighted by Crippen LogP contribution is 2.31. The summed E-state index contributed by atoms with van der Waals surface area (Å²) in [5.74, 6) is 2.11. The van der Waals surface area contributed by atoms with Gasteiger partial charge in [-0.2, -0.15) is 0 Å². The zero-order chi connectivity index (χ0) is 13.8. The lowest BCUT2D eigenvalue weighted by Gasteiger charge is -2.31. The smallest absolute Gasteiger partial charge is 0.188 e. The van der Waals surface area contributed by atoms with Crippen LogP contribution in [0.3, 0.4) is 0 Å². The Hall–Kier alpha value is -1.78. The quantitative estimate of drug-likeness (QED) is 0.380. The van der Waals surface area contributed by atoms with Crippen molar-refractivity contribution in [1.29, 1.82) is 0 Å². The third-order valence-corrected chi connectivity index (χ3v) is 3.54. The van der Waals surface area contributed by atoms with Gasteiger partial charge in [-0.25, -0.2) is 0 Å². The van der Waals surface area contributed by atoms with E-state index < -0.39 is 0 Å². The fourth-order valence-corrected chi connectivity index (χ4v) is 2.84. The Morgan fingerprint density at radius 3 is 2.68 bits per heavy atom. The number of rotatable bonds is 3. The summed E-state index contributed by atoms with van der Waals surface area (Å²) in [4.78, 5) is 4.04. The number of pyridine rings is 1.